The summed E-state index contributed by atoms with van der Waals surface area (Å²) >= 11 is 0. The Morgan fingerprint density at radius 2 is 1.18 bits per heavy atom. The lowest BCUT2D eigenvalue weighted by molar-refractivity contribution is -0.349. The fourth-order valence-electron chi connectivity index (χ4n) is 2.74. The van der Waals surface area contributed by atoms with Crippen molar-refractivity contribution in [1.82, 2.24) is 0 Å². The molecule has 0 rings (SSSR count). The van der Waals surface area contributed by atoms with Gasteiger partial charge < -0.3 is 4.74 Å². The molecule has 0 radical (unpaired) electrons. The maximum absolute atomic E-state index is 13.3. The summed E-state index contributed by atoms with van der Waals surface area (Å²) in [6.45, 7) is 3.62. The molecular formula is C19H31F7O2. The Bertz CT molecular complexity index is 436. The Morgan fingerprint density at radius 3 is 1.57 bits per heavy atom. The molecule has 9 heteroatoms. The summed E-state index contributed by atoms with van der Waals surface area (Å²) in [5, 5.41) is 0. The number of rotatable bonds is 15. The molecule has 0 bridgehead atoms. The van der Waals surface area contributed by atoms with E-state index in [1.165, 1.54) is 32.6 Å². The molecule has 0 amide bonds. The van der Waals surface area contributed by atoms with Crippen LogP contribution in [0.2, 0.25) is 0 Å². The molecule has 0 aromatic heterocycles. The van der Waals surface area contributed by atoms with E-state index in [4.69, 9.17) is 0 Å². The van der Waals surface area contributed by atoms with Crippen LogP contribution in [-0.2, 0) is 9.53 Å². The first kappa shape index (κ1) is 27.0. The molecule has 0 fully saturated rings. The Kier molecular flexibility index (Phi) is 12.1. The summed E-state index contributed by atoms with van der Waals surface area (Å²) in [5.41, 5.74) is 0. The van der Waals surface area contributed by atoms with Crippen LogP contribution in [0.3, 0.4) is 0 Å². The number of halogens is 7. The molecule has 0 aromatic carbocycles. The van der Waals surface area contributed by atoms with Crippen molar-refractivity contribution in [2.45, 2.75) is 115 Å². The van der Waals surface area contributed by atoms with Gasteiger partial charge in [0.1, 0.15) is 6.10 Å². The zero-order valence-corrected chi connectivity index (χ0v) is 16.5. The van der Waals surface area contributed by atoms with Gasteiger partial charge in [0, 0.05) is 0 Å². The van der Waals surface area contributed by atoms with Crippen LogP contribution in [0.15, 0.2) is 0 Å². The van der Waals surface area contributed by atoms with Crippen LogP contribution in [0.1, 0.15) is 90.9 Å². The highest BCUT2D eigenvalue weighted by atomic mass is 19.4. The van der Waals surface area contributed by atoms with Gasteiger partial charge in [0.2, 0.25) is 0 Å². The van der Waals surface area contributed by atoms with Crippen LogP contribution >= 0.6 is 0 Å². The average Bonchev–Trinajstić information content (AvgIpc) is 2.60. The van der Waals surface area contributed by atoms with Crippen LogP contribution in [0, 0.1) is 0 Å². The molecule has 2 nitrogen and oxygen atoms in total. The van der Waals surface area contributed by atoms with Crippen molar-refractivity contribution in [1.29, 1.82) is 0 Å². The molecule has 0 aromatic rings. The Labute approximate surface area is 162 Å². The Balaban J connectivity index is 4.22. The fourth-order valence-corrected chi connectivity index (χ4v) is 2.74. The zero-order valence-electron chi connectivity index (χ0n) is 16.5. The van der Waals surface area contributed by atoms with Gasteiger partial charge in [-0.05, 0) is 19.3 Å². The minimum absolute atomic E-state index is 0.0524. The van der Waals surface area contributed by atoms with Crippen molar-refractivity contribution in [3.63, 3.8) is 0 Å². The fraction of sp³-hybridized carbons (Fsp3) is 0.947. The molecular weight excluding hydrogens is 393 g/mol. The summed E-state index contributed by atoms with van der Waals surface area (Å²) in [7, 11) is 0. The minimum atomic E-state index is -6.55. The quantitative estimate of drug-likeness (QED) is 0.155. The molecule has 0 N–H and O–H groups in total. The number of unbranched alkanes of at least 4 members (excludes halogenated alkanes) is 9. The van der Waals surface area contributed by atoms with E-state index >= 15 is 0 Å². The molecule has 0 heterocycles. The van der Waals surface area contributed by atoms with Crippen molar-refractivity contribution < 1.29 is 40.3 Å². The van der Waals surface area contributed by atoms with Gasteiger partial charge in [0.15, 0.2) is 0 Å². The molecule has 0 aliphatic heterocycles. The summed E-state index contributed by atoms with van der Waals surface area (Å²) < 4.78 is 92.9. The summed E-state index contributed by atoms with van der Waals surface area (Å²) in [4.78, 5) is 11.3. The molecule has 0 spiro atoms. The van der Waals surface area contributed by atoms with E-state index in [1.807, 2.05) is 0 Å². The predicted octanol–water partition coefficient (Wildman–Crippen LogP) is 7.45. The van der Waals surface area contributed by atoms with E-state index in [9.17, 15) is 35.5 Å². The lowest BCUT2D eigenvalue weighted by atomic mass is 10.0. The smallest absolute Gasteiger partial charge is 0.458 e. The van der Waals surface area contributed by atoms with Gasteiger partial charge >= 0.3 is 24.0 Å². The third kappa shape index (κ3) is 8.55. The highest BCUT2D eigenvalue weighted by molar-refractivity contribution is 5.79. The van der Waals surface area contributed by atoms with Crippen LogP contribution in [0.5, 0.6) is 0 Å². The van der Waals surface area contributed by atoms with Crippen molar-refractivity contribution in [2.75, 3.05) is 0 Å². The minimum Gasteiger partial charge on any atom is -0.458 e. The van der Waals surface area contributed by atoms with Gasteiger partial charge in [-0.2, -0.15) is 30.7 Å². The molecule has 0 aliphatic carbocycles. The van der Waals surface area contributed by atoms with Crippen LogP contribution in [-0.4, -0.2) is 30.1 Å². The number of alkyl halides is 7. The van der Waals surface area contributed by atoms with Crippen molar-refractivity contribution >= 4 is 5.97 Å². The lowest BCUT2D eigenvalue weighted by Crippen LogP contribution is -2.57. The van der Waals surface area contributed by atoms with E-state index in [2.05, 4.69) is 11.7 Å². The van der Waals surface area contributed by atoms with Crippen LogP contribution < -0.4 is 0 Å². The van der Waals surface area contributed by atoms with E-state index < -0.39 is 30.1 Å². The van der Waals surface area contributed by atoms with Crippen molar-refractivity contribution in [3.05, 3.63) is 0 Å². The highest BCUT2D eigenvalue weighted by Crippen LogP contribution is 2.47. The number of carbonyl (C=O) groups is 1. The van der Waals surface area contributed by atoms with Gasteiger partial charge in [0.05, 0.1) is 0 Å². The van der Waals surface area contributed by atoms with Gasteiger partial charge in [0.25, 0.3) is 0 Å². The topological polar surface area (TPSA) is 26.3 Å². The first-order valence-corrected chi connectivity index (χ1v) is 9.95. The second-order valence-electron chi connectivity index (χ2n) is 7.05. The number of hydrogen-bond acceptors (Lipinski definition) is 2. The summed E-state index contributed by atoms with van der Waals surface area (Å²) in [6.07, 6.45) is 2.78. The standard InChI is InChI=1S/C19H31F7O2/c1-3-5-6-7-8-9-10-11-12-13-14-15(4-2)28-16(27)17(20,21)18(22,23)19(24,25)26/h15H,3-14H2,1-2H3. The molecule has 0 aliphatic rings. The first-order chi connectivity index (χ1) is 12.9. The number of esters is 1. The first-order valence-electron chi connectivity index (χ1n) is 9.95. The van der Waals surface area contributed by atoms with Crippen LogP contribution in [0.25, 0.3) is 0 Å². The van der Waals surface area contributed by atoms with E-state index in [0.29, 0.717) is 6.42 Å². The maximum atomic E-state index is 13.3. The monoisotopic (exact) mass is 424 g/mol. The highest BCUT2D eigenvalue weighted by Gasteiger charge is 2.77. The van der Waals surface area contributed by atoms with E-state index in [-0.39, 0.29) is 12.8 Å². The third-order valence-corrected chi connectivity index (χ3v) is 4.62. The number of ether oxygens (including phenoxy) is 1. The number of hydrogen-bond donors (Lipinski definition) is 0. The van der Waals surface area contributed by atoms with Gasteiger partial charge in [-0.15, -0.1) is 0 Å². The van der Waals surface area contributed by atoms with E-state index in [0.717, 1.165) is 32.1 Å². The van der Waals surface area contributed by atoms with Gasteiger partial charge in [-0.3, -0.25) is 0 Å². The predicted molar refractivity (Wildman–Crippen MR) is 92.6 cm³/mol. The summed E-state index contributed by atoms with van der Waals surface area (Å²) in [5.74, 6) is -15.3. The Morgan fingerprint density at radius 1 is 0.750 bits per heavy atom. The molecule has 168 valence electrons. The third-order valence-electron chi connectivity index (χ3n) is 4.62. The van der Waals surface area contributed by atoms with Crippen LogP contribution in [0.4, 0.5) is 30.7 Å². The van der Waals surface area contributed by atoms with Crippen molar-refractivity contribution in [3.8, 4) is 0 Å². The molecule has 0 saturated heterocycles. The molecule has 28 heavy (non-hydrogen) atoms. The van der Waals surface area contributed by atoms with E-state index in [1.54, 1.807) is 0 Å². The summed E-state index contributed by atoms with van der Waals surface area (Å²) in [6, 6.07) is 0. The maximum Gasteiger partial charge on any atom is 0.460 e. The van der Waals surface area contributed by atoms with Gasteiger partial charge in [-0.1, -0.05) is 71.6 Å². The second-order valence-corrected chi connectivity index (χ2v) is 7.05. The molecule has 0 saturated carbocycles. The van der Waals surface area contributed by atoms with Crippen molar-refractivity contribution in [2.24, 2.45) is 0 Å². The molecule has 1 atom stereocenters. The molecule has 1 unspecified atom stereocenters. The normalized spacial score (nSPS) is 14.2. The van der Waals surface area contributed by atoms with Gasteiger partial charge in [-0.25, -0.2) is 4.79 Å². The average molecular weight is 424 g/mol. The SMILES string of the molecule is CCCCCCCCCCCCC(CC)OC(=O)C(F)(F)C(F)(F)C(F)(F)F. The largest absolute Gasteiger partial charge is 0.460 e. The zero-order chi connectivity index (χ0) is 21.8. The second kappa shape index (κ2) is 12.5. The lowest BCUT2D eigenvalue weighted by Gasteiger charge is -2.28. The Hall–Kier alpha value is -1.02. The number of carbonyl (C=O) groups excluding carboxylic acids is 1.